The first-order valence-corrected chi connectivity index (χ1v) is 7.17. The summed E-state index contributed by atoms with van der Waals surface area (Å²) in [4.78, 5) is 23.2. The summed E-state index contributed by atoms with van der Waals surface area (Å²) in [6.07, 6.45) is 3.22. The summed E-state index contributed by atoms with van der Waals surface area (Å²) in [6, 6.07) is 7.94. The van der Waals surface area contributed by atoms with Crippen molar-refractivity contribution in [1.82, 2.24) is 9.88 Å². The zero-order valence-electron chi connectivity index (χ0n) is 11.9. The van der Waals surface area contributed by atoms with Gasteiger partial charge in [0, 0.05) is 23.6 Å². The van der Waals surface area contributed by atoms with Crippen LogP contribution in [-0.2, 0) is 22.6 Å². The van der Waals surface area contributed by atoms with Crippen LogP contribution in [0.1, 0.15) is 25.3 Å². The van der Waals surface area contributed by atoms with Crippen molar-refractivity contribution >= 4 is 22.8 Å². The van der Waals surface area contributed by atoms with E-state index in [1.54, 1.807) is 0 Å². The number of benzene rings is 1. The van der Waals surface area contributed by atoms with E-state index < -0.39 is 11.5 Å². The summed E-state index contributed by atoms with van der Waals surface area (Å²) in [5.41, 5.74) is 1.02. The number of nitrogens with zero attached hydrogens (tertiary/aromatic N) is 1. The first kappa shape index (κ1) is 13.7. The molecule has 1 aromatic carbocycles. The number of hydrogen-bond acceptors (Lipinski definition) is 2. The summed E-state index contributed by atoms with van der Waals surface area (Å²) < 4.78 is 2.10. The molecule has 1 fully saturated rings. The molecule has 0 radical (unpaired) electrons. The van der Waals surface area contributed by atoms with Crippen LogP contribution in [0.15, 0.2) is 30.5 Å². The van der Waals surface area contributed by atoms with Gasteiger partial charge in [-0.15, -0.1) is 0 Å². The summed E-state index contributed by atoms with van der Waals surface area (Å²) in [7, 11) is 0. The zero-order valence-corrected chi connectivity index (χ0v) is 11.9. The molecular weight excluding hydrogens is 268 g/mol. The average molecular weight is 286 g/mol. The quantitative estimate of drug-likeness (QED) is 0.882. The van der Waals surface area contributed by atoms with E-state index in [0.29, 0.717) is 12.8 Å². The molecule has 0 aliphatic heterocycles. The zero-order chi connectivity index (χ0) is 15.0. The van der Waals surface area contributed by atoms with Gasteiger partial charge in [-0.25, -0.2) is 4.79 Å². The number of carbonyl (C=O) groups excluding carboxylic acids is 1. The van der Waals surface area contributed by atoms with Crippen LogP contribution in [-0.4, -0.2) is 27.1 Å². The highest BCUT2D eigenvalue weighted by Crippen LogP contribution is 2.35. The minimum Gasteiger partial charge on any atom is -0.480 e. The lowest BCUT2D eigenvalue weighted by Gasteiger charge is -2.11. The second-order valence-electron chi connectivity index (χ2n) is 5.57. The molecule has 0 bridgehead atoms. The smallest absolute Gasteiger partial charge is 0.329 e. The van der Waals surface area contributed by atoms with Gasteiger partial charge in [-0.05, 0) is 31.4 Å². The first-order chi connectivity index (χ1) is 10.1. The van der Waals surface area contributed by atoms with E-state index in [2.05, 4.69) is 16.8 Å². The van der Waals surface area contributed by atoms with Gasteiger partial charge in [0.1, 0.15) is 5.54 Å². The predicted molar refractivity (Wildman–Crippen MR) is 79.1 cm³/mol. The van der Waals surface area contributed by atoms with E-state index in [-0.39, 0.29) is 12.3 Å². The largest absolute Gasteiger partial charge is 0.480 e. The van der Waals surface area contributed by atoms with Gasteiger partial charge in [0.25, 0.3) is 0 Å². The Bertz CT molecular complexity index is 713. The van der Waals surface area contributed by atoms with Crippen LogP contribution < -0.4 is 5.32 Å². The van der Waals surface area contributed by atoms with Gasteiger partial charge in [0.2, 0.25) is 5.91 Å². The first-order valence-electron chi connectivity index (χ1n) is 7.17. The lowest BCUT2D eigenvalue weighted by atomic mass is 10.1. The van der Waals surface area contributed by atoms with E-state index >= 15 is 0 Å². The summed E-state index contributed by atoms with van der Waals surface area (Å²) in [5.74, 6) is -1.17. The van der Waals surface area contributed by atoms with Gasteiger partial charge in [-0.1, -0.05) is 18.2 Å². The maximum atomic E-state index is 12.1. The summed E-state index contributed by atoms with van der Waals surface area (Å²) >= 11 is 0. The molecule has 1 amide bonds. The second-order valence-corrected chi connectivity index (χ2v) is 5.57. The highest BCUT2D eigenvalue weighted by atomic mass is 16.4. The van der Waals surface area contributed by atoms with Crippen LogP contribution in [0, 0.1) is 0 Å². The molecule has 0 atom stereocenters. The molecule has 0 saturated heterocycles. The van der Waals surface area contributed by atoms with Crippen molar-refractivity contribution in [1.29, 1.82) is 0 Å². The molecule has 1 heterocycles. The van der Waals surface area contributed by atoms with Crippen LogP contribution >= 0.6 is 0 Å². The molecule has 1 saturated carbocycles. The summed E-state index contributed by atoms with van der Waals surface area (Å²) in [6.45, 7) is 2.89. The van der Waals surface area contributed by atoms with E-state index in [4.69, 9.17) is 5.11 Å². The third-order valence-corrected chi connectivity index (χ3v) is 4.10. The molecule has 2 N–H and O–H groups in total. The Balaban J connectivity index is 1.82. The van der Waals surface area contributed by atoms with Gasteiger partial charge in [0.05, 0.1) is 6.42 Å². The Morgan fingerprint density at radius 1 is 1.33 bits per heavy atom. The fraction of sp³-hybridized carbons (Fsp3) is 0.375. The van der Waals surface area contributed by atoms with Crippen molar-refractivity contribution in [3.8, 4) is 0 Å². The van der Waals surface area contributed by atoms with Crippen molar-refractivity contribution in [2.24, 2.45) is 0 Å². The van der Waals surface area contributed by atoms with E-state index in [1.807, 2.05) is 30.5 Å². The van der Waals surface area contributed by atoms with E-state index in [9.17, 15) is 9.59 Å². The van der Waals surface area contributed by atoms with Crippen molar-refractivity contribution in [3.05, 3.63) is 36.0 Å². The van der Waals surface area contributed by atoms with Crippen molar-refractivity contribution in [3.63, 3.8) is 0 Å². The van der Waals surface area contributed by atoms with Gasteiger partial charge in [0.15, 0.2) is 0 Å². The number of nitrogens with one attached hydrogen (secondary N) is 1. The maximum absolute atomic E-state index is 12.1. The number of aromatic nitrogens is 1. The van der Waals surface area contributed by atoms with Crippen molar-refractivity contribution in [2.45, 2.75) is 38.3 Å². The highest BCUT2D eigenvalue weighted by Gasteiger charge is 2.51. The number of hydrogen-bond donors (Lipinski definition) is 2. The molecule has 110 valence electrons. The van der Waals surface area contributed by atoms with E-state index in [1.165, 1.54) is 0 Å². The monoisotopic (exact) mass is 286 g/mol. The van der Waals surface area contributed by atoms with Crippen LogP contribution in [0.5, 0.6) is 0 Å². The number of amides is 1. The maximum Gasteiger partial charge on any atom is 0.329 e. The SMILES string of the molecule is CCn1cc(CC(=O)NC2(C(=O)O)CC2)c2ccccc21. The molecular formula is C16H18N2O3. The second kappa shape index (κ2) is 4.91. The standard InChI is InChI=1S/C16H18N2O3/c1-2-18-10-11(12-5-3-4-6-13(12)18)9-14(19)17-16(7-8-16)15(20)21/h3-6,10H,2,7-9H2,1H3,(H,17,19)(H,20,21). The number of aliphatic carboxylic acids is 1. The lowest BCUT2D eigenvalue weighted by Crippen LogP contribution is -2.43. The third kappa shape index (κ3) is 2.39. The van der Waals surface area contributed by atoms with Gasteiger partial charge >= 0.3 is 5.97 Å². The number of rotatable bonds is 5. The van der Waals surface area contributed by atoms with Crippen molar-refractivity contribution in [2.75, 3.05) is 0 Å². The number of aryl methyl sites for hydroxylation is 1. The van der Waals surface area contributed by atoms with E-state index in [0.717, 1.165) is 23.0 Å². The molecule has 2 aromatic rings. The fourth-order valence-electron chi connectivity index (χ4n) is 2.73. The average Bonchev–Trinajstić information content (AvgIpc) is 3.16. The number of carboxylic acid groups (broad SMARTS) is 1. The Labute approximate surface area is 122 Å². The molecule has 1 aliphatic carbocycles. The lowest BCUT2D eigenvalue weighted by molar-refractivity contribution is -0.143. The Hall–Kier alpha value is -2.30. The molecule has 0 unspecified atom stereocenters. The van der Waals surface area contributed by atoms with Crippen LogP contribution in [0.3, 0.4) is 0 Å². The highest BCUT2D eigenvalue weighted by molar-refractivity contribution is 5.93. The minimum absolute atomic E-state index is 0.211. The van der Waals surface area contributed by atoms with Crippen LogP contribution in [0.4, 0.5) is 0 Å². The van der Waals surface area contributed by atoms with Crippen molar-refractivity contribution < 1.29 is 14.7 Å². The van der Waals surface area contributed by atoms with Crippen LogP contribution in [0.2, 0.25) is 0 Å². The minimum atomic E-state index is -1.01. The Morgan fingerprint density at radius 3 is 2.67 bits per heavy atom. The number of carbonyl (C=O) groups is 2. The molecule has 1 aliphatic rings. The number of para-hydroxylation sites is 1. The topological polar surface area (TPSA) is 71.3 Å². The van der Waals surface area contributed by atoms with Crippen LogP contribution in [0.25, 0.3) is 10.9 Å². The Kier molecular flexibility index (Phi) is 3.20. The molecule has 21 heavy (non-hydrogen) atoms. The molecule has 5 heteroatoms. The molecule has 5 nitrogen and oxygen atoms in total. The molecule has 1 aromatic heterocycles. The number of carboxylic acids is 1. The fourth-order valence-corrected chi connectivity index (χ4v) is 2.73. The van der Waals surface area contributed by atoms with Gasteiger partial charge in [-0.3, -0.25) is 4.79 Å². The Morgan fingerprint density at radius 2 is 2.05 bits per heavy atom. The molecule has 0 spiro atoms. The number of fused-ring (bicyclic) bond motifs is 1. The van der Waals surface area contributed by atoms with Gasteiger partial charge < -0.3 is 15.0 Å². The predicted octanol–water partition coefficient (Wildman–Crippen LogP) is 1.94. The summed E-state index contributed by atoms with van der Waals surface area (Å²) in [5, 5.41) is 12.8. The third-order valence-electron chi connectivity index (χ3n) is 4.10. The van der Waals surface area contributed by atoms with Gasteiger partial charge in [-0.2, -0.15) is 0 Å². The molecule has 3 rings (SSSR count). The normalized spacial score (nSPS) is 15.9.